The van der Waals surface area contributed by atoms with E-state index in [0.29, 0.717) is 24.0 Å². The molecule has 1 saturated carbocycles. The molecule has 0 spiro atoms. The molecule has 5 rings (SSSR count). The molecule has 0 radical (unpaired) electrons. The van der Waals surface area contributed by atoms with Gasteiger partial charge in [-0.1, -0.05) is 0 Å². The van der Waals surface area contributed by atoms with Gasteiger partial charge in [0.2, 0.25) is 5.88 Å². The minimum atomic E-state index is -0.472. The van der Waals surface area contributed by atoms with Crippen molar-refractivity contribution >= 4 is 21.8 Å². The smallest absolute Gasteiger partial charge is 0.256 e. The average Bonchev–Trinajstić information content (AvgIpc) is 3.46. The monoisotopic (exact) mass is 457 g/mol. The second-order valence-electron chi connectivity index (χ2n) is 7.31. The number of ether oxygens (including phenoxy) is 1. The Morgan fingerprint density at radius 1 is 1.17 bits per heavy atom. The van der Waals surface area contributed by atoms with E-state index in [-0.39, 0.29) is 23.6 Å². The Labute approximate surface area is 174 Å². The molecule has 148 valence electrons. The van der Waals surface area contributed by atoms with E-state index in [9.17, 15) is 9.18 Å². The van der Waals surface area contributed by atoms with Crippen LogP contribution in [0.15, 0.2) is 53.4 Å². The fourth-order valence-corrected chi connectivity index (χ4v) is 4.50. The summed E-state index contributed by atoms with van der Waals surface area (Å²) >= 11 is 3.36. The van der Waals surface area contributed by atoms with Gasteiger partial charge in [0.05, 0.1) is 29.7 Å². The summed E-state index contributed by atoms with van der Waals surface area (Å²) < 4.78 is 20.9. The van der Waals surface area contributed by atoms with E-state index in [2.05, 4.69) is 31.1 Å². The molecule has 2 aliphatic rings. The highest BCUT2D eigenvalue weighted by Crippen LogP contribution is 2.40. The molecule has 2 aromatic heterocycles. The third-order valence-corrected chi connectivity index (χ3v) is 5.95. The van der Waals surface area contributed by atoms with Crippen LogP contribution >= 0.6 is 15.9 Å². The fourth-order valence-electron chi connectivity index (χ4n) is 4.26. The van der Waals surface area contributed by atoms with E-state index in [1.807, 2.05) is 6.07 Å². The Balaban J connectivity index is 1.41. The van der Waals surface area contributed by atoms with Gasteiger partial charge in [-0.3, -0.25) is 4.79 Å². The molecule has 2 fully saturated rings. The van der Waals surface area contributed by atoms with Crippen molar-refractivity contribution in [3.05, 3.63) is 64.8 Å². The van der Waals surface area contributed by atoms with Gasteiger partial charge in [0.25, 0.3) is 5.91 Å². The van der Waals surface area contributed by atoms with Gasteiger partial charge in [0.1, 0.15) is 11.9 Å². The van der Waals surface area contributed by atoms with Crippen molar-refractivity contribution in [2.75, 3.05) is 6.54 Å². The number of hydrogen-bond acceptors (Lipinski definition) is 5. The first-order chi connectivity index (χ1) is 14.1. The lowest BCUT2D eigenvalue weighted by Gasteiger charge is -2.33. The first-order valence-electron chi connectivity index (χ1n) is 9.34. The maximum absolute atomic E-state index is 14.0. The van der Waals surface area contributed by atoms with E-state index in [1.54, 1.807) is 17.2 Å². The molecular formula is C20H17BrFN5O2. The zero-order chi connectivity index (χ0) is 20.0. The van der Waals surface area contributed by atoms with E-state index < -0.39 is 5.82 Å². The van der Waals surface area contributed by atoms with Crippen molar-refractivity contribution < 1.29 is 13.9 Å². The van der Waals surface area contributed by atoms with Crippen molar-refractivity contribution in [2.45, 2.75) is 25.0 Å². The molecule has 1 amide bonds. The van der Waals surface area contributed by atoms with Crippen molar-refractivity contribution in [3.63, 3.8) is 0 Å². The lowest BCUT2D eigenvalue weighted by molar-refractivity contribution is 0.0466. The highest BCUT2D eigenvalue weighted by atomic mass is 79.9. The van der Waals surface area contributed by atoms with E-state index in [1.165, 1.54) is 35.4 Å². The van der Waals surface area contributed by atoms with Crippen molar-refractivity contribution in [3.8, 4) is 11.6 Å². The Kier molecular flexibility index (Phi) is 4.54. The Hall–Kier alpha value is -2.81. The zero-order valence-corrected chi connectivity index (χ0v) is 16.9. The van der Waals surface area contributed by atoms with Gasteiger partial charge in [-0.05, 0) is 59.0 Å². The third kappa shape index (κ3) is 3.39. The molecule has 1 aromatic carbocycles. The second-order valence-corrected chi connectivity index (χ2v) is 8.23. The van der Waals surface area contributed by atoms with Crippen LogP contribution in [0.3, 0.4) is 0 Å². The van der Waals surface area contributed by atoms with Gasteiger partial charge < -0.3 is 9.64 Å². The first kappa shape index (κ1) is 18.2. The minimum Gasteiger partial charge on any atom is -0.472 e. The Morgan fingerprint density at radius 3 is 2.72 bits per heavy atom. The summed E-state index contributed by atoms with van der Waals surface area (Å²) in [7, 11) is 0. The second kappa shape index (κ2) is 7.22. The molecule has 7 nitrogen and oxygen atoms in total. The molecule has 9 heteroatoms. The number of fused-ring (bicyclic) bond motifs is 2. The summed E-state index contributed by atoms with van der Waals surface area (Å²) in [5.41, 5.74) is 0.700. The first-order valence-corrected chi connectivity index (χ1v) is 10.1. The van der Waals surface area contributed by atoms with Crippen LogP contribution in [0.2, 0.25) is 0 Å². The number of likely N-dealkylation sites (tertiary alicyclic amines) is 1. The van der Waals surface area contributed by atoms with Gasteiger partial charge in [-0.15, -0.1) is 0 Å². The summed E-state index contributed by atoms with van der Waals surface area (Å²) in [6, 6.07) is 7.68. The van der Waals surface area contributed by atoms with Gasteiger partial charge in [0, 0.05) is 23.3 Å². The SMILES string of the molecule is O=C(c1cc(F)ccc1-n1nccn1)N1CC2CC(Oc3ccc(Br)cn3)C1C2. The Bertz CT molecular complexity index is 1040. The summed E-state index contributed by atoms with van der Waals surface area (Å²) in [5.74, 6) is 0.191. The van der Waals surface area contributed by atoms with Crippen LogP contribution in [-0.2, 0) is 0 Å². The topological polar surface area (TPSA) is 73.1 Å². The minimum absolute atomic E-state index is 0.0698. The number of rotatable bonds is 4. The van der Waals surface area contributed by atoms with Crippen molar-refractivity contribution in [1.82, 2.24) is 24.9 Å². The molecule has 1 saturated heterocycles. The number of pyridine rings is 1. The maximum atomic E-state index is 14.0. The fraction of sp³-hybridized carbons (Fsp3) is 0.300. The van der Waals surface area contributed by atoms with Gasteiger partial charge in [-0.25, -0.2) is 9.37 Å². The predicted molar refractivity (Wildman–Crippen MR) is 105 cm³/mol. The highest BCUT2D eigenvalue weighted by Gasteiger charge is 2.48. The molecule has 3 heterocycles. The lowest BCUT2D eigenvalue weighted by Crippen LogP contribution is -2.47. The molecule has 0 N–H and O–H groups in total. The number of piperidine rings is 1. The molecule has 2 bridgehead atoms. The molecule has 3 unspecified atom stereocenters. The van der Waals surface area contributed by atoms with Gasteiger partial charge >= 0.3 is 0 Å². The Morgan fingerprint density at radius 2 is 2.00 bits per heavy atom. The summed E-state index contributed by atoms with van der Waals surface area (Å²) in [5, 5.41) is 8.17. The normalized spacial score (nSPS) is 22.8. The van der Waals surface area contributed by atoms with Crippen LogP contribution in [-0.4, -0.2) is 49.5 Å². The lowest BCUT2D eigenvalue weighted by atomic mass is 10.1. The van der Waals surface area contributed by atoms with Crippen molar-refractivity contribution in [2.24, 2.45) is 5.92 Å². The largest absolute Gasteiger partial charge is 0.472 e. The number of carbonyl (C=O) groups excluding carboxylic acids is 1. The number of carbonyl (C=O) groups is 1. The quantitative estimate of drug-likeness (QED) is 0.601. The number of aromatic nitrogens is 4. The average molecular weight is 458 g/mol. The van der Waals surface area contributed by atoms with Crippen LogP contribution in [0.4, 0.5) is 4.39 Å². The molecule has 1 aliphatic heterocycles. The summed E-state index contributed by atoms with van der Waals surface area (Å²) in [6.07, 6.45) is 6.34. The highest BCUT2D eigenvalue weighted by molar-refractivity contribution is 9.10. The number of nitrogens with zero attached hydrogens (tertiary/aromatic N) is 5. The molecule has 1 aliphatic carbocycles. The van der Waals surface area contributed by atoms with Gasteiger partial charge in [0.15, 0.2) is 0 Å². The van der Waals surface area contributed by atoms with E-state index in [4.69, 9.17) is 4.74 Å². The van der Waals surface area contributed by atoms with Gasteiger partial charge in [-0.2, -0.15) is 15.0 Å². The van der Waals surface area contributed by atoms with Crippen LogP contribution in [0.1, 0.15) is 23.2 Å². The zero-order valence-electron chi connectivity index (χ0n) is 15.3. The number of hydrogen-bond donors (Lipinski definition) is 0. The maximum Gasteiger partial charge on any atom is 0.256 e. The molecule has 3 aromatic rings. The molecule has 29 heavy (non-hydrogen) atoms. The van der Waals surface area contributed by atoms with Crippen LogP contribution in [0.25, 0.3) is 5.69 Å². The third-order valence-electron chi connectivity index (χ3n) is 5.48. The van der Waals surface area contributed by atoms with Crippen molar-refractivity contribution in [1.29, 1.82) is 0 Å². The number of halogens is 2. The number of benzene rings is 1. The van der Waals surface area contributed by atoms with E-state index >= 15 is 0 Å². The van der Waals surface area contributed by atoms with E-state index in [0.717, 1.165) is 17.3 Å². The van der Waals surface area contributed by atoms with Crippen LogP contribution in [0, 0.1) is 11.7 Å². The molecule has 3 atom stereocenters. The molecular weight excluding hydrogens is 441 g/mol. The summed E-state index contributed by atoms with van der Waals surface area (Å²) in [6.45, 7) is 0.639. The van der Waals surface area contributed by atoms with Crippen LogP contribution < -0.4 is 4.74 Å². The predicted octanol–water partition coefficient (Wildman–Crippen LogP) is 3.25. The van der Waals surface area contributed by atoms with Crippen LogP contribution in [0.5, 0.6) is 5.88 Å². The standard InChI is InChI=1S/C20H17BrFN5O2/c21-13-1-4-19(23-10-13)29-18-8-12-7-17(18)26(11-12)20(28)15-9-14(22)2-3-16(15)27-24-5-6-25-27/h1-6,9-10,12,17-18H,7-8,11H2. The number of amides is 1. The summed E-state index contributed by atoms with van der Waals surface area (Å²) in [4.78, 5) is 20.8.